The van der Waals surface area contributed by atoms with E-state index in [1.165, 1.54) is 0 Å². The quantitative estimate of drug-likeness (QED) is 0.124. The Balaban J connectivity index is 1.56. The fourth-order valence-corrected chi connectivity index (χ4v) is 6.87. The molecular weight excluding hydrogens is 640 g/mol. The summed E-state index contributed by atoms with van der Waals surface area (Å²) in [7, 11) is -0.543. The molecule has 0 atom stereocenters. The van der Waals surface area contributed by atoms with E-state index in [1.54, 1.807) is 50.6 Å². The van der Waals surface area contributed by atoms with Crippen LogP contribution in [0.25, 0.3) is 22.3 Å². The third kappa shape index (κ3) is 9.29. The van der Waals surface area contributed by atoms with Crippen molar-refractivity contribution in [3.05, 3.63) is 95.1 Å². The minimum Gasteiger partial charge on any atom is -0.496 e. The lowest BCUT2D eigenvalue weighted by Gasteiger charge is -2.22. The first-order valence-electron chi connectivity index (χ1n) is 16.3. The number of rotatable bonds is 16. The van der Waals surface area contributed by atoms with Crippen LogP contribution in [-0.4, -0.2) is 59.3 Å². The molecule has 9 heteroatoms. The molecule has 0 unspecified atom stereocenters. The summed E-state index contributed by atoms with van der Waals surface area (Å²) in [5, 5.41) is 19.1. The largest absolute Gasteiger partial charge is 0.496 e. The number of sulfone groups is 1. The number of ether oxygens (including phenoxy) is 4. The van der Waals surface area contributed by atoms with Gasteiger partial charge in [-0.15, -0.1) is 0 Å². The molecule has 0 aliphatic carbocycles. The molecule has 4 aromatic rings. The van der Waals surface area contributed by atoms with Crippen LogP contribution >= 0.6 is 0 Å². The third-order valence-corrected chi connectivity index (χ3v) is 10.3. The molecule has 0 spiro atoms. The van der Waals surface area contributed by atoms with E-state index in [2.05, 4.69) is 0 Å². The first-order valence-corrected chi connectivity index (χ1v) is 17.8. The number of aliphatic hydroxyl groups excluding tert-OH is 2. The maximum atomic E-state index is 13.8. The Morgan fingerprint density at radius 3 is 1.71 bits per heavy atom. The highest BCUT2D eigenvalue weighted by atomic mass is 32.2. The van der Waals surface area contributed by atoms with E-state index in [0.717, 1.165) is 50.3 Å². The Labute approximate surface area is 291 Å². The van der Waals surface area contributed by atoms with Crippen molar-refractivity contribution < 1.29 is 37.6 Å². The van der Waals surface area contributed by atoms with Gasteiger partial charge in [-0.2, -0.15) is 0 Å². The predicted molar refractivity (Wildman–Crippen MR) is 193 cm³/mol. The third-order valence-electron chi connectivity index (χ3n) is 8.51. The molecule has 0 saturated heterocycles. The summed E-state index contributed by atoms with van der Waals surface area (Å²) in [6.07, 6.45) is 0. The first kappa shape index (κ1) is 38.1. The zero-order valence-corrected chi connectivity index (χ0v) is 30.7. The van der Waals surface area contributed by atoms with Crippen LogP contribution in [0.4, 0.5) is 0 Å². The van der Waals surface area contributed by atoms with Crippen molar-refractivity contribution >= 4 is 9.84 Å². The van der Waals surface area contributed by atoms with Crippen molar-refractivity contribution in [3.8, 4) is 33.8 Å². The smallest absolute Gasteiger partial charge is 0.206 e. The molecule has 0 radical (unpaired) electrons. The highest BCUT2D eigenvalue weighted by Gasteiger charge is 2.22. The molecule has 0 aliphatic rings. The number of hydrogen-bond donors (Lipinski definition) is 2. The number of hydrogen-bond acceptors (Lipinski definition) is 8. The number of aliphatic hydroxyl groups is 2. The van der Waals surface area contributed by atoms with Gasteiger partial charge in [0, 0.05) is 22.0 Å². The highest BCUT2D eigenvalue weighted by Crippen LogP contribution is 2.35. The fourth-order valence-electron chi connectivity index (χ4n) is 5.53. The lowest BCUT2D eigenvalue weighted by Crippen LogP contribution is -2.23. The fraction of sp³-hybridized carbons (Fsp3) is 0.400. The molecule has 0 heterocycles. The number of aryl methyl sites for hydroxylation is 2. The summed E-state index contributed by atoms with van der Waals surface area (Å²) in [5.41, 5.74) is 6.42. The predicted octanol–water partition coefficient (Wildman–Crippen LogP) is 7.56. The minimum atomic E-state index is -3.78. The average molecular weight is 691 g/mol. The normalized spacial score (nSPS) is 12.3. The van der Waals surface area contributed by atoms with E-state index < -0.39 is 9.84 Å². The highest BCUT2D eigenvalue weighted by molar-refractivity contribution is 7.91. The van der Waals surface area contributed by atoms with Crippen LogP contribution in [0, 0.1) is 24.7 Å². The van der Waals surface area contributed by atoms with Gasteiger partial charge in [0.2, 0.25) is 9.84 Å². The van der Waals surface area contributed by atoms with Gasteiger partial charge in [-0.05, 0) is 95.8 Å². The van der Waals surface area contributed by atoms with E-state index >= 15 is 0 Å². The molecule has 0 saturated carbocycles. The maximum absolute atomic E-state index is 13.8. The van der Waals surface area contributed by atoms with Gasteiger partial charge < -0.3 is 29.2 Å². The second kappa shape index (κ2) is 15.9. The van der Waals surface area contributed by atoms with Gasteiger partial charge in [-0.25, -0.2) is 8.42 Å². The van der Waals surface area contributed by atoms with Crippen LogP contribution < -0.4 is 9.47 Å². The van der Waals surface area contributed by atoms with E-state index in [-0.39, 0.29) is 33.8 Å². The molecule has 49 heavy (non-hydrogen) atoms. The van der Waals surface area contributed by atoms with E-state index in [4.69, 9.17) is 18.9 Å². The van der Waals surface area contributed by atoms with E-state index in [9.17, 15) is 18.6 Å². The van der Waals surface area contributed by atoms with Gasteiger partial charge in [-0.1, -0.05) is 52.0 Å². The van der Waals surface area contributed by atoms with Gasteiger partial charge in [0.1, 0.15) is 11.5 Å². The van der Waals surface area contributed by atoms with Gasteiger partial charge in [0.25, 0.3) is 0 Å². The molecule has 4 aromatic carbocycles. The Morgan fingerprint density at radius 1 is 0.612 bits per heavy atom. The number of benzene rings is 4. The minimum absolute atomic E-state index is 0.0211. The monoisotopic (exact) mass is 690 g/mol. The molecule has 0 bridgehead atoms. The second-order valence-electron chi connectivity index (χ2n) is 14.1. The molecule has 0 aromatic heterocycles. The van der Waals surface area contributed by atoms with Crippen LogP contribution in [0.3, 0.4) is 0 Å². The molecule has 0 fully saturated rings. The topological polar surface area (TPSA) is 112 Å². The average Bonchev–Trinajstić information content (AvgIpc) is 3.08. The van der Waals surface area contributed by atoms with Crippen molar-refractivity contribution in [1.29, 1.82) is 0 Å². The molecular formula is C40H50O8S. The summed E-state index contributed by atoms with van der Waals surface area (Å²) in [4.78, 5) is 0.424. The lowest BCUT2D eigenvalue weighted by molar-refractivity contribution is 0.0191. The van der Waals surface area contributed by atoms with Crippen LogP contribution in [-0.2, 0) is 32.5 Å². The zero-order chi connectivity index (χ0) is 36.0. The first-order chi connectivity index (χ1) is 23.1. The SMILES string of the molecule is COc1ccc(-c2ccc(S(=O)(=O)c3ccc(-c4cc(C)c(OC)c(COCC(C)(C)CO)c4)c(C)c3)cc2)cc1COCC(C)(C)CO. The Morgan fingerprint density at radius 2 is 1.16 bits per heavy atom. The molecule has 2 N–H and O–H groups in total. The molecule has 4 rings (SSSR count). The summed E-state index contributed by atoms with van der Waals surface area (Å²) in [5.74, 6) is 1.44. The Hall–Kier alpha value is -3.73. The van der Waals surface area contributed by atoms with E-state index in [1.807, 2.05) is 77.9 Å². The maximum Gasteiger partial charge on any atom is 0.206 e. The van der Waals surface area contributed by atoms with Crippen LogP contribution in [0.15, 0.2) is 82.6 Å². The van der Waals surface area contributed by atoms with Gasteiger partial charge in [-0.3, -0.25) is 0 Å². The summed E-state index contributed by atoms with van der Waals surface area (Å²) < 4.78 is 50.6. The Bertz CT molecular complexity index is 1840. The van der Waals surface area contributed by atoms with Gasteiger partial charge in [0.05, 0.1) is 63.7 Å². The summed E-state index contributed by atoms with van der Waals surface area (Å²) in [6.45, 7) is 13.1. The van der Waals surface area contributed by atoms with Crippen molar-refractivity contribution in [2.24, 2.45) is 10.8 Å². The summed E-state index contributed by atoms with van der Waals surface area (Å²) >= 11 is 0. The molecule has 264 valence electrons. The number of methoxy groups -OCH3 is 2. The van der Waals surface area contributed by atoms with Crippen LogP contribution in [0.1, 0.15) is 49.9 Å². The van der Waals surface area contributed by atoms with Crippen LogP contribution in [0.5, 0.6) is 11.5 Å². The van der Waals surface area contributed by atoms with Crippen molar-refractivity contribution in [2.75, 3.05) is 40.6 Å². The standard InChI is InChI=1S/C40H50O8S/c1-27-18-35(14-15-36(27)31-17-28(2)38(46-8)33(20-31)22-48-26-40(5,6)24-42)49(43,44)34-12-9-29(10-13-34)30-11-16-37(45-7)32(19-30)21-47-25-39(3,4)23-41/h9-20,41-42H,21-26H2,1-8H3. The zero-order valence-electron chi connectivity index (χ0n) is 29.9. The Kier molecular flexibility index (Phi) is 12.3. The van der Waals surface area contributed by atoms with Gasteiger partial charge >= 0.3 is 0 Å². The molecule has 8 nitrogen and oxygen atoms in total. The van der Waals surface area contributed by atoms with Crippen molar-refractivity contribution in [2.45, 2.75) is 64.5 Å². The second-order valence-corrected chi connectivity index (χ2v) is 16.1. The summed E-state index contributed by atoms with van der Waals surface area (Å²) in [6, 6.07) is 21.9. The van der Waals surface area contributed by atoms with E-state index in [0.29, 0.717) is 32.2 Å². The lowest BCUT2D eigenvalue weighted by atomic mass is 9.95. The molecule has 0 amide bonds. The van der Waals surface area contributed by atoms with Gasteiger partial charge in [0.15, 0.2) is 0 Å². The van der Waals surface area contributed by atoms with Crippen molar-refractivity contribution in [3.63, 3.8) is 0 Å². The molecule has 0 aliphatic heterocycles. The van der Waals surface area contributed by atoms with Crippen LogP contribution in [0.2, 0.25) is 0 Å². The van der Waals surface area contributed by atoms with Crippen molar-refractivity contribution in [1.82, 2.24) is 0 Å².